The van der Waals surface area contributed by atoms with E-state index in [2.05, 4.69) is 10.1 Å². The number of carbonyl (C=O) groups is 1. The van der Waals surface area contributed by atoms with Crippen LogP contribution in [0, 0.1) is 6.92 Å². The molecule has 2 aliphatic rings. The van der Waals surface area contributed by atoms with Crippen molar-refractivity contribution in [3.05, 3.63) is 61.8 Å². The van der Waals surface area contributed by atoms with Crippen molar-refractivity contribution in [3.8, 4) is 22.5 Å². The maximum absolute atomic E-state index is 11.2. The highest BCUT2D eigenvalue weighted by Crippen LogP contribution is 2.45. The van der Waals surface area contributed by atoms with E-state index in [1.54, 1.807) is 17.4 Å². The van der Waals surface area contributed by atoms with Crippen LogP contribution in [0.5, 0.6) is 0 Å². The average Bonchev–Trinajstić information content (AvgIpc) is 3.27. The smallest absolute Gasteiger partial charge is 0.345 e. The molecule has 10 heteroatoms. The van der Waals surface area contributed by atoms with Crippen LogP contribution >= 0.6 is 34.3 Å². The highest BCUT2D eigenvalue weighted by molar-refractivity contribution is 7.14. The highest BCUT2D eigenvalue weighted by atomic mass is 35.5. The van der Waals surface area contributed by atoms with Gasteiger partial charge in [0.15, 0.2) is 5.13 Å². The molecule has 0 unspecified atom stereocenters. The number of rotatable bonds is 8. The lowest BCUT2D eigenvalue weighted by Crippen LogP contribution is -2.37. The first-order valence-electron chi connectivity index (χ1n) is 12.4. The number of nitrogens with zero attached hydrogens (tertiary/aromatic N) is 3. The number of ether oxygens (including phenoxy) is 1. The largest absolute Gasteiger partial charge is 0.477 e. The molecule has 0 amide bonds. The molecule has 6 rings (SSSR count). The minimum absolute atomic E-state index is 0.146. The van der Waals surface area contributed by atoms with E-state index in [9.17, 15) is 9.90 Å². The molecule has 4 aromatic rings. The topological polar surface area (TPSA) is 88.7 Å². The first kappa shape index (κ1) is 24.6. The summed E-state index contributed by atoms with van der Waals surface area (Å²) in [6, 6.07) is 7.57. The summed E-state index contributed by atoms with van der Waals surface area (Å²) in [5.74, 6) is 0.471. The molecule has 1 aliphatic carbocycles. The van der Waals surface area contributed by atoms with E-state index in [4.69, 9.17) is 25.8 Å². The van der Waals surface area contributed by atoms with Crippen LogP contribution in [0.1, 0.15) is 58.2 Å². The van der Waals surface area contributed by atoms with Crippen molar-refractivity contribution in [2.24, 2.45) is 0 Å². The number of carboxylic acids is 1. The Hall–Kier alpha value is -2.72. The fraction of sp³-hybridized carbons (Fsp3) is 0.370. The molecule has 1 aliphatic heterocycles. The molecule has 4 heterocycles. The Kier molecular flexibility index (Phi) is 6.79. The zero-order valence-corrected chi connectivity index (χ0v) is 22.7. The summed E-state index contributed by atoms with van der Waals surface area (Å²) < 4.78 is 12.2. The Morgan fingerprint density at radius 1 is 1.22 bits per heavy atom. The van der Waals surface area contributed by atoms with Gasteiger partial charge in [-0.05, 0) is 50.3 Å². The predicted molar refractivity (Wildman–Crippen MR) is 146 cm³/mol. The highest BCUT2D eigenvalue weighted by Gasteiger charge is 2.34. The fourth-order valence-corrected chi connectivity index (χ4v) is 6.73. The first-order chi connectivity index (χ1) is 18.0. The molecular formula is C27H26ClN3O4S2. The van der Waals surface area contributed by atoms with Gasteiger partial charge in [0.1, 0.15) is 16.3 Å². The number of carboxylic acid groups (broad SMARTS) is 1. The molecule has 1 saturated carbocycles. The van der Waals surface area contributed by atoms with Crippen LogP contribution in [0.2, 0.25) is 5.02 Å². The van der Waals surface area contributed by atoms with Crippen LogP contribution in [0.4, 0.5) is 5.13 Å². The van der Waals surface area contributed by atoms with Crippen molar-refractivity contribution in [2.75, 3.05) is 18.0 Å². The number of piperidine rings is 1. The number of aromatic carboxylic acids is 1. The molecule has 0 atom stereocenters. The summed E-state index contributed by atoms with van der Waals surface area (Å²) in [6.07, 6.45) is 4.20. The van der Waals surface area contributed by atoms with Gasteiger partial charge in [-0.25, -0.2) is 9.78 Å². The van der Waals surface area contributed by atoms with Gasteiger partial charge in [0.25, 0.3) is 0 Å². The van der Waals surface area contributed by atoms with Gasteiger partial charge >= 0.3 is 5.97 Å². The van der Waals surface area contributed by atoms with E-state index < -0.39 is 5.97 Å². The van der Waals surface area contributed by atoms with Crippen molar-refractivity contribution in [1.29, 1.82) is 0 Å². The molecule has 0 bridgehead atoms. The Bertz CT molecular complexity index is 1410. The Morgan fingerprint density at radius 2 is 2.03 bits per heavy atom. The lowest BCUT2D eigenvalue weighted by Gasteiger charge is -2.31. The van der Waals surface area contributed by atoms with E-state index in [0.717, 1.165) is 83.3 Å². The lowest BCUT2D eigenvalue weighted by molar-refractivity contribution is 0.0246. The number of halogens is 1. The summed E-state index contributed by atoms with van der Waals surface area (Å²) in [5.41, 5.74) is 5.51. The van der Waals surface area contributed by atoms with E-state index in [1.165, 1.54) is 11.3 Å². The third-order valence-electron chi connectivity index (χ3n) is 7.00. The van der Waals surface area contributed by atoms with E-state index in [1.807, 2.05) is 35.9 Å². The van der Waals surface area contributed by atoms with E-state index in [-0.39, 0.29) is 6.10 Å². The van der Waals surface area contributed by atoms with Crippen molar-refractivity contribution < 1.29 is 19.2 Å². The van der Waals surface area contributed by atoms with E-state index >= 15 is 0 Å². The summed E-state index contributed by atoms with van der Waals surface area (Å²) in [4.78, 5) is 18.6. The molecule has 0 spiro atoms. The van der Waals surface area contributed by atoms with Crippen molar-refractivity contribution in [3.63, 3.8) is 0 Å². The van der Waals surface area contributed by atoms with Crippen LogP contribution in [0.25, 0.3) is 22.5 Å². The Morgan fingerprint density at radius 3 is 2.73 bits per heavy atom. The molecule has 3 aromatic heterocycles. The van der Waals surface area contributed by atoms with Gasteiger partial charge in [-0.1, -0.05) is 28.9 Å². The molecular weight excluding hydrogens is 530 g/mol. The maximum Gasteiger partial charge on any atom is 0.345 e. The molecule has 37 heavy (non-hydrogen) atoms. The maximum atomic E-state index is 11.2. The third kappa shape index (κ3) is 5.05. The van der Waals surface area contributed by atoms with Gasteiger partial charge in [0.2, 0.25) is 0 Å². The first-order valence-corrected chi connectivity index (χ1v) is 14.5. The van der Waals surface area contributed by atoms with Crippen LogP contribution in [0.3, 0.4) is 0 Å². The normalized spacial score (nSPS) is 16.4. The monoisotopic (exact) mass is 555 g/mol. The van der Waals surface area contributed by atoms with Crippen molar-refractivity contribution >= 4 is 45.4 Å². The van der Waals surface area contributed by atoms with Crippen LogP contribution in [0.15, 0.2) is 39.5 Å². The molecule has 1 aromatic carbocycles. The average molecular weight is 556 g/mol. The zero-order chi connectivity index (χ0) is 25.5. The number of hydrogen-bond donors (Lipinski definition) is 1. The van der Waals surface area contributed by atoms with Crippen molar-refractivity contribution in [2.45, 2.75) is 51.2 Å². The zero-order valence-electron chi connectivity index (χ0n) is 20.3. The second-order valence-electron chi connectivity index (χ2n) is 9.60. The summed E-state index contributed by atoms with van der Waals surface area (Å²) in [5, 5.41) is 19.1. The third-order valence-corrected chi connectivity index (χ3v) is 9.13. The number of aryl methyl sites for hydroxylation is 1. The standard InChI is InChI=1S/C27H26ClN3O4S2/c1-15-3-2-4-20(28)23(15)24-19(25(35-30-24)16-5-6-16)12-34-18-7-9-31(10-8-18)27-29-21(14-37-27)17-11-22(26(32)33)36-13-17/h2-4,11,13-14,16,18H,5-10,12H2,1H3,(H,32,33). The summed E-state index contributed by atoms with van der Waals surface area (Å²) in [7, 11) is 0. The number of benzene rings is 1. The second-order valence-corrected chi connectivity index (χ2v) is 11.8. The SMILES string of the molecule is Cc1cccc(Cl)c1-c1noc(C2CC2)c1COC1CCN(c2nc(-c3csc(C(=O)O)c3)cs2)CC1. The van der Waals surface area contributed by atoms with Gasteiger partial charge in [-0.3, -0.25) is 0 Å². The Labute approximate surface area is 227 Å². The van der Waals surface area contributed by atoms with Crippen LogP contribution in [-0.4, -0.2) is 40.4 Å². The lowest BCUT2D eigenvalue weighted by atomic mass is 10.0. The van der Waals surface area contributed by atoms with Gasteiger partial charge in [0.05, 0.1) is 23.4 Å². The molecule has 2 fully saturated rings. The van der Waals surface area contributed by atoms with E-state index in [0.29, 0.717) is 22.4 Å². The molecule has 0 radical (unpaired) electrons. The fourth-order valence-electron chi connectivity index (χ4n) is 4.80. The number of aromatic nitrogens is 2. The van der Waals surface area contributed by atoms with Gasteiger partial charge in [-0.2, -0.15) is 0 Å². The number of thiazole rings is 1. The number of thiophene rings is 1. The van der Waals surface area contributed by atoms with Crippen LogP contribution < -0.4 is 4.90 Å². The quantitative estimate of drug-likeness (QED) is 0.245. The van der Waals surface area contributed by atoms with Gasteiger partial charge < -0.3 is 19.3 Å². The second kappa shape index (κ2) is 10.2. The Balaban J connectivity index is 1.11. The molecule has 1 saturated heterocycles. The summed E-state index contributed by atoms with van der Waals surface area (Å²) >= 11 is 9.38. The number of hydrogen-bond acceptors (Lipinski definition) is 8. The summed E-state index contributed by atoms with van der Waals surface area (Å²) in [6.45, 7) is 4.22. The van der Waals surface area contributed by atoms with Crippen LogP contribution in [-0.2, 0) is 11.3 Å². The predicted octanol–water partition coefficient (Wildman–Crippen LogP) is 7.25. The number of anilines is 1. The van der Waals surface area contributed by atoms with Crippen molar-refractivity contribution in [1.82, 2.24) is 10.1 Å². The molecule has 7 nitrogen and oxygen atoms in total. The molecule has 1 N–H and O–H groups in total. The molecule has 192 valence electrons. The minimum atomic E-state index is -0.904. The van der Waals surface area contributed by atoms with Gasteiger partial charge in [0, 0.05) is 46.5 Å². The minimum Gasteiger partial charge on any atom is -0.477 e. The van der Waals surface area contributed by atoms with Gasteiger partial charge in [-0.15, -0.1) is 22.7 Å².